The molecule has 0 aromatic heterocycles. The van der Waals surface area contributed by atoms with E-state index in [0.29, 0.717) is 0 Å². The molecule has 0 atom stereocenters. The summed E-state index contributed by atoms with van der Waals surface area (Å²) in [5.74, 6) is 0. The summed E-state index contributed by atoms with van der Waals surface area (Å²) in [5.41, 5.74) is 18.2. The Morgan fingerprint density at radius 1 is 0.138 bits per heavy atom. The Hall–Kier alpha value is -11.4. The lowest BCUT2D eigenvalue weighted by atomic mass is 9.96. The first-order chi connectivity index (χ1) is 46.1. The molecule has 17 aromatic rings. The molecule has 0 nitrogen and oxygen atoms in total. The highest BCUT2D eigenvalue weighted by Gasteiger charge is 2.07. The molecule has 0 heterocycles. The Balaban J connectivity index is 0.000000109. The van der Waals surface area contributed by atoms with E-state index in [9.17, 15) is 0 Å². The van der Waals surface area contributed by atoms with Gasteiger partial charge in [-0.2, -0.15) is 0 Å². The van der Waals surface area contributed by atoms with E-state index in [1.807, 2.05) is 6.07 Å². The van der Waals surface area contributed by atoms with Crippen molar-refractivity contribution in [1.82, 2.24) is 0 Å². The van der Waals surface area contributed by atoms with Gasteiger partial charge in [0.2, 0.25) is 0 Å². The summed E-state index contributed by atoms with van der Waals surface area (Å²) in [6.45, 7) is 12.8. The highest BCUT2D eigenvalue weighted by Crippen LogP contribution is 2.33. The molecule has 0 unspecified atom stereocenters. The average molecular weight is 1210 g/mol. The van der Waals surface area contributed by atoms with Crippen LogP contribution < -0.4 is 0 Å². The van der Waals surface area contributed by atoms with Gasteiger partial charge in [0.15, 0.2) is 0 Å². The fourth-order valence-electron chi connectivity index (χ4n) is 12.4. The van der Waals surface area contributed by atoms with Crippen molar-refractivity contribution in [3.8, 4) is 44.5 Å². The van der Waals surface area contributed by atoms with Gasteiger partial charge >= 0.3 is 0 Å². The van der Waals surface area contributed by atoms with E-state index in [1.165, 1.54) is 153 Å². The maximum Gasteiger partial charge on any atom is -0.0103 e. The normalized spacial score (nSPS) is 10.7. The minimum atomic E-state index is 1.27. The van der Waals surface area contributed by atoms with Gasteiger partial charge in [-0.15, -0.1) is 0 Å². The molecule has 0 aliphatic heterocycles. The summed E-state index contributed by atoms with van der Waals surface area (Å²) >= 11 is 0. The van der Waals surface area contributed by atoms with Crippen molar-refractivity contribution in [2.24, 2.45) is 0 Å². The van der Waals surface area contributed by atoms with Crippen LogP contribution in [0, 0.1) is 41.5 Å². The second kappa shape index (κ2) is 30.1. The van der Waals surface area contributed by atoms with E-state index >= 15 is 0 Å². The van der Waals surface area contributed by atoms with Crippen LogP contribution in [0.1, 0.15) is 33.4 Å². The second-order valence-electron chi connectivity index (χ2n) is 24.4. The van der Waals surface area contributed by atoms with E-state index in [0.717, 1.165) is 0 Å². The number of rotatable bonds is 4. The Bertz CT molecular complexity index is 5280. The number of hydrogen-bond acceptors (Lipinski definition) is 0. The zero-order chi connectivity index (χ0) is 64.6. The maximum atomic E-state index is 2.26. The maximum absolute atomic E-state index is 2.26. The third-order valence-corrected chi connectivity index (χ3v) is 17.4. The van der Waals surface area contributed by atoms with Crippen molar-refractivity contribution in [2.75, 3.05) is 0 Å². The van der Waals surface area contributed by atoms with Crippen LogP contribution in [0.4, 0.5) is 0 Å². The summed E-state index contributed by atoms with van der Waals surface area (Å²) in [5, 5.41) is 18.5. The molecule has 17 rings (SSSR count). The van der Waals surface area contributed by atoms with E-state index in [1.54, 1.807) is 0 Å². The average Bonchev–Trinajstić information content (AvgIpc) is 0.892. The summed E-state index contributed by atoms with van der Waals surface area (Å²) in [6.07, 6.45) is 0. The standard InChI is InChI=1S/4C17H14.C15H12.C11H10/c1-13-7-5-12-17-15(13)10-6-11-16(17)14-8-3-2-4-9-14;1-13-11-12-16(14-7-3-2-4-8-14)17-10-6-5-9-15(13)17;1-13-7-8-17-12-16(10-9-15(17)11-13)14-5-3-2-4-6-14;1-13-7-8-15-9-10-16(12-17(15)11-13)14-5-3-2-4-6-14;1-11-6-7-14-9-12-4-2-3-5-13(12)10-15(14)8-11;1-9-6-7-10-4-2-3-5-11(10)8-9/h4*2-12H,1H3;2-10H,1H3;2-8H,1H3. The first kappa shape index (κ1) is 62.7. The SMILES string of the molecule is Cc1ccc(-c2ccccc2)c2ccccc12.Cc1ccc2cc(-c3ccccc3)ccc2c1.Cc1ccc2cc3ccccc3cc2c1.Cc1ccc2ccc(-c3ccccc3)cc2c1.Cc1ccc2ccccc2c1.Cc1cccc2c(-c3ccccc3)cccc12. The second-order valence-corrected chi connectivity index (χ2v) is 24.4. The van der Waals surface area contributed by atoms with E-state index in [-0.39, 0.29) is 0 Å². The van der Waals surface area contributed by atoms with E-state index < -0.39 is 0 Å². The summed E-state index contributed by atoms with van der Waals surface area (Å²) in [6, 6.07) is 129. The number of fused-ring (bicyclic) bond motifs is 7. The molecule has 0 aliphatic rings. The highest BCUT2D eigenvalue weighted by molar-refractivity contribution is 6.01. The molecule has 0 saturated carbocycles. The van der Waals surface area contributed by atoms with Gasteiger partial charge in [-0.3, -0.25) is 0 Å². The van der Waals surface area contributed by atoms with Gasteiger partial charge in [0.05, 0.1) is 0 Å². The van der Waals surface area contributed by atoms with Crippen LogP contribution in [0.15, 0.2) is 364 Å². The topological polar surface area (TPSA) is 0 Å². The first-order valence-electron chi connectivity index (χ1n) is 32.6. The number of benzene rings is 17. The molecule has 454 valence electrons. The molecule has 0 bridgehead atoms. The van der Waals surface area contributed by atoms with Gasteiger partial charge in [-0.25, -0.2) is 0 Å². The summed E-state index contributed by atoms with van der Waals surface area (Å²) in [4.78, 5) is 0. The van der Waals surface area contributed by atoms with E-state index in [2.05, 4.69) is 399 Å². The zero-order valence-electron chi connectivity index (χ0n) is 54.6. The Kier molecular flexibility index (Phi) is 20.1. The van der Waals surface area contributed by atoms with Gasteiger partial charge in [-0.05, 0) is 197 Å². The first-order valence-corrected chi connectivity index (χ1v) is 32.6. The molecule has 0 amide bonds. The van der Waals surface area contributed by atoms with Crippen molar-refractivity contribution < 1.29 is 0 Å². The van der Waals surface area contributed by atoms with Gasteiger partial charge in [0.25, 0.3) is 0 Å². The third-order valence-electron chi connectivity index (χ3n) is 17.4. The molecule has 0 heteroatoms. The molecule has 0 N–H and O–H groups in total. The molecule has 94 heavy (non-hydrogen) atoms. The summed E-state index contributed by atoms with van der Waals surface area (Å²) < 4.78 is 0. The van der Waals surface area contributed by atoms with Gasteiger partial charge in [0, 0.05) is 0 Å². The lowest BCUT2D eigenvalue weighted by Crippen LogP contribution is -1.83. The Labute approximate surface area is 555 Å². The van der Waals surface area contributed by atoms with Crippen molar-refractivity contribution >= 4 is 75.4 Å². The molecule has 0 saturated heterocycles. The van der Waals surface area contributed by atoms with Crippen LogP contribution in [0.25, 0.3) is 120 Å². The van der Waals surface area contributed by atoms with Crippen LogP contribution in [0.2, 0.25) is 0 Å². The Morgan fingerprint density at radius 2 is 0.426 bits per heavy atom. The quantitative estimate of drug-likeness (QED) is 0.154. The molecule has 0 spiro atoms. The van der Waals surface area contributed by atoms with Crippen molar-refractivity contribution in [1.29, 1.82) is 0 Å². The smallest absolute Gasteiger partial charge is 0.0103 e. The van der Waals surface area contributed by atoms with Crippen molar-refractivity contribution in [3.63, 3.8) is 0 Å². The third kappa shape index (κ3) is 15.6. The fourth-order valence-corrected chi connectivity index (χ4v) is 12.4. The van der Waals surface area contributed by atoms with E-state index in [4.69, 9.17) is 0 Å². The lowest BCUT2D eigenvalue weighted by Gasteiger charge is -2.09. The van der Waals surface area contributed by atoms with Gasteiger partial charge in [0.1, 0.15) is 0 Å². The lowest BCUT2D eigenvalue weighted by molar-refractivity contribution is 1.50. The highest BCUT2D eigenvalue weighted by atomic mass is 14.1. The molecular formula is C94H78. The Morgan fingerprint density at radius 3 is 0.947 bits per heavy atom. The summed E-state index contributed by atoms with van der Waals surface area (Å²) in [7, 11) is 0. The van der Waals surface area contributed by atoms with Gasteiger partial charge < -0.3 is 0 Å². The van der Waals surface area contributed by atoms with Crippen molar-refractivity contribution in [2.45, 2.75) is 41.5 Å². The predicted octanol–water partition coefficient (Wildman–Crippen LogP) is 26.7. The molecule has 17 aromatic carbocycles. The molecule has 0 aliphatic carbocycles. The van der Waals surface area contributed by atoms with Crippen molar-refractivity contribution in [3.05, 3.63) is 397 Å². The largest absolute Gasteiger partial charge is 0.0622 e. The van der Waals surface area contributed by atoms with Crippen LogP contribution in [-0.4, -0.2) is 0 Å². The minimum absolute atomic E-state index is 1.27. The van der Waals surface area contributed by atoms with Crippen LogP contribution >= 0.6 is 0 Å². The molecular weight excluding hydrogens is 1130 g/mol. The molecule has 0 radical (unpaired) electrons. The minimum Gasteiger partial charge on any atom is -0.0622 e. The van der Waals surface area contributed by atoms with Crippen LogP contribution in [-0.2, 0) is 0 Å². The zero-order valence-corrected chi connectivity index (χ0v) is 54.6. The fraction of sp³-hybridized carbons (Fsp3) is 0.0638. The number of hydrogen-bond donors (Lipinski definition) is 0. The molecule has 0 fully saturated rings. The van der Waals surface area contributed by atoms with Gasteiger partial charge in [-0.1, -0.05) is 362 Å². The number of aryl methyl sites for hydroxylation is 6. The monoisotopic (exact) mass is 1210 g/mol. The van der Waals surface area contributed by atoms with Crippen LogP contribution in [0.5, 0.6) is 0 Å². The van der Waals surface area contributed by atoms with Crippen LogP contribution in [0.3, 0.4) is 0 Å². The predicted molar refractivity (Wildman–Crippen MR) is 411 cm³/mol.